The maximum Gasteiger partial charge on any atom is 0.416 e. The second kappa shape index (κ2) is 8.19. The highest BCUT2D eigenvalue weighted by atomic mass is 32.2. The molecule has 0 spiro atoms. The van der Waals surface area contributed by atoms with E-state index >= 15 is 0 Å². The van der Waals surface area contributed by atoms with E-state index in [1.54, 1.807) is 30.3 Å². The van der Waals surface area contributed by atoms with E-state index in [1.807, 2.05) is 18.2 Å². The highest BCUT2D eigenvalue weighted by molar-refractivity contribution is 7.93. The highest BCUT2D eigenvalue weighted by Crippen LogP contribution is 2.41. The molecule has 0 saturated heterocycles. The van der Waals surface area contributed by atoms with E-state index in [4.69, 9.17) is 4.74 Å². The van der Waals surface area contributed by atoms with Crippen molar-refractivity contribution in [3.8, 4) is 16.9 Å². The zero-order valence-corrected chi connectivity index (χ0v) is 18.0. The van der Waals surface area contributed by atoms with Crippen LogP contribution in [-0.2, 0) is 28.4 Å². The van der Waals surface area contributed by atoms with Crippen LogP contribution < -0.4 is 9.46 Å². The predicted octanol–water partition coefficient (Wildman–Crippen LogP) is 5.57. The Morgan fingerprint density at radius 2 is 1.73 bits per heavy atom. The largest absolute Gasteiger partial charge is 0.486 e. The van der Waals surface area contributed by atoms with Crippen LogP contribution in [0.15, 0.2) is 72.8 Å². The molecule has 4 nitrogen and oxygen atoms in total. The van der Waals surface area contributed by atoms with Crippen molar-refractivity contribution in [1.29, 1.82) is 0 Å². The molecule has 5 rings (SSSR count). The molecule has 0 bridgehead atoms. The second-order valence-electron chi connectivity index (χ2n) is 7.87. The molecular formula is C25H18F3NO3S. The molecule has 0 radical (unpaired) electrons. The van der Waals surface area contributed by atoms with Gasteiger partial charge in [-0.2, -0.15) is 13.2 Å². The summed E-state index contributed by atoms with van der Waals surface area (Å²) < 4.78 is 59.9. The summed E-state index contributed by atoms with van der Waals surface area (Å²) in [6.07, 6.45) is -1.89. The molecule has 0 fully saturated rings. The highest BCUT2D eigenvalue weighted by Gasteiger charge is 2.31. The van der Waals surface area contributed by atoms with Crippen molar-refractivity contribution in [2.24, 2.45) is 0 Å². The van der Waals surface area contributed by atoms with Crippen LogP contribution in [0, 0.1) is 0 Å². The van der Waals surface area contributed by atoms with Crippen LogP contribution in [0.5, 0.6) is 5.75 Å². The number of halogens is 3. The lowest BCUT2D eigenvalue weighted by Gasteiger charge is -2.16. The van der Waals surface area contributed by atoms with Crippen LogP contribution >= 0.6 is 0 Å². The van der Waals surface area contributed by atoms with Gasteiger partial charge >= 0.3 is 6.18 Å². The number of fused-ring (bicyclic) bond motifs is 1. The molecule has 1 amide bonds. The molecule has 1 aliphatic carbocycles. The summed E-state index contributed by atoms with van der Waals surface area (Å²) in [5.41, 5.74) is 3.27. The first kappa shape index (κ1) is 21.5. The van der Waals surface area contributed by atoms with Gasteiger partial charge in [0.25, 0.3) is 5.91 Å². The van der Waals surface area contributed by atoms with Gasteiger partial charge < -0.3 is 4.74 Å². The fourth-order valence-corrected chi connectivity index (χ4v) is 5.19. The van der Waals surface area contributed by atoms with Crippen LogP contribution in [-0.4, -0.2) is 10.1 Å². The summed E-state index contributed by atoms with van der Waals surface area (Å²) in [6.45, 7) is 0. The summed E-state index contributed by atoms with van der Waals surface area (Å²) in [4.78, 5) is 11.8. The Bertz CT molecular complexity index is 1300. The van der Waals surface area contributed by atoms with Gasteiger partial charge in [0.2, 0.25) is 0 Å². The van der Waals surface area contributed by atoms with Gasteiger partial charge in [-0.05, 0) is 64.9 Å². The maximum atomic E-state index is 13.2. The van der Waals surface area contributed by atoms with E-state index < -0.39 is 22.7 Å². The molecule has 1 unspecified atom stereocenters. The zero-order chi connectivity index (χ0) is 23.2. The standard InChI is InChI=1S/C25H18F3NO3S/c26-25(27,28)17-4-1-3-16(13-17)19-5-2-6-21-20(19)11-12-22(21)32-18-9-7-15(8-10-18)23-14-24(30)29-33(23)31/h1-10,13-14,22H,11-12H2,(H,29,30)/t22-,33?/m1/s1. The summed E-state index contributed by atoms with van der Waals surface area (Å²) in [5, 5.41) is 0. The third kappa shape index (κ3) is 4.18. The third-order valence-electron chi connectivity index (χ3n) is 5.79. The summed E-state index contributed by atoms with van der Waals surface area (Å²) >= 11 is 0. The minimum atomic E-state index is -4.39. The van der Waals surface area contributed by atoms with Gasteiger partial charge in [0, 0.05) is 6.08 Å². The van der Waals surface area contributed by atoms with E-state index in [2.05, 4.69) is 4.72 Å². The SMILES string of the molecule is O=C1C=C(c2ccc(O[C@@H]3CCc4c(-c5cccc(C(F)(F)F)c5)cccc43)cc2)S(=O)N1. The Kier molecular flexibility index (Phi) is 5.32. The smallest absolute Gasteiger partial charge is 0.416 e. The monoisotopic (exact) mass is 469 g/mol. The van der Waals surface area contributed by atoms with E-state index in [0.29, 0.717) is 34.6 Å². The number of rotatable bonds is 4. The van der Waals surface area contributed by atoms with Crippen molar-refractivity contribution in [3.63, 3.8) is 0 Å². The molecule has 0 saturated carbocycles. The lowest BCUT2D eigenvalue weighted by Crippen LogP contribution is -2.16. The average Bonchev–Trinajstić information content (AvgIpc) is 3.36. The van der Waals surface area contributed by atoms with Gasteiger partial charge in [0.1, 0.15) is 11.9 Å². The van der Waals surface area contributed by atoms with Gasteiger partial charge in [0.15, 0.2) is 11.0 Å². The number of ether oxygens (including phenoxy) is 1. The average molecular weight is 469 g/mol. The van der Waals surface area contributed by atoms with Crippen LogP contribution in [0.2, 0.25) is 0 Å². The van der Waals surface area contributed by atoms with E-state index in [1.165, 1.54) is 18.2 Å². The number of nitrogens with one attached hydrogen (secondary N) is 1. The summed E-state index contributed by atoms with van der Waals surface area (Å²) in [5.74, 6) is 0.229. The predicted molar refractivity (Wildman–Crippen MR) is 119 cm³/mol. The molecular weight excluding hydrogens is 451 g/mol. The minimum absolute atomic E-state index is 0.223. The molecule has 8 heteroatoms. The Morgan fingerprint density at radius 1 is 0.970 bits per heavy atom. The second-order valence-corrected chi connectivity index (χ2v) is 9.05. The lowest BCUT2D eigenvalue weighted by atomic mass is 9.95. The van der Waals surface area contributed by atoms with Crippen molar-refractivity contribution in [2.75, 3.05) is 0 Å². The quantitative estimate of drug-likeness (QED) is 0.543. The van der Waals surface area contributed by atoms with Gasteiger partial charge in [0.05, 0.1) is 10.5 Å². The number of carbonyl (C=O) groups excluding carboxylic acids is 1. The Labute approximate surface area is 190 Å². The van der Waals surface area contributed by atoms with Crippen molar-refractivity contribution in [3.05, 3.63) is 95.1 Å². The van der Waals surface area contributed by atoms with Crippen molar-refractivity contribution in [1.82, 2.24) is 4.72 Å². The normalized spacial score (nSPS) is 19.7. The van der Waals surface area contributed by atoms with Crippen molar-refractivity contribution >= 4 is 21.8 Å². The first-order valence-corrected chi connectivity index (χ1v) is 11.5. The number of hydrogen-bond donors (Lipinski definition) is 1. The fraction of sp³-hybridized carbons (Fsp3) is 0.160. The van der Waals surface area contributed by atoms with Crippen molar-refractivity contribution < 1.29 is 26.9 Å². The van der Waals surface area contributed by atoms with Crippen LogP contribution in [0.25, 0.3) is 16.0 Å². The first-order chi connectivity index (χ1) is 15.8. The number of amides is 1. The van der Waals surface area contributed by atoms with Crippen LogP contribution in [0.3, 0.4) is 0 Å². The lowest BCUT2D eigenvalue weighted by molar-refractivity contribution is -0.137. The number of hydrogen-bond acceptors (Lipinski definition) is 3. The fourth-order valence-electron chi connectivity index (χ4n) is 4.27. The van der Waals surface area contributed by atoms with Gasteiger partial charge in [-0.25, -0.2) is 4.21 Å². The van der Waals surface area contributed by atoms with E-state index in [9.17, 15) is 22.2 Å². The topological polar surface area (TPSA) is 55.4 Å². The summed E-state index contributed by atoms with van der Waals surface area (Å²) in [7, 11) is -1.56. The number of alkyl halides is 3. The molecule has 1 N–H and O–H groups in total. The molecule has 0 aromatic heterocycles. The van der Waals surface area contributed by atoms with E-state index in [-0.39, 0.29) is 12.0 Å². The molecule has 1 aliphatic heterocycles. The maximum absolute atomic E-state index is 13.2. The molecule has 2 aliphatic rings. The molecule has 3 aromatic rings. The third-order valence-corrected chi connectivity index (χ3v) is 6.93. The van der Waals surface area contributed by atoms with Crippen molar-refractivity contribution in [2.45, 2.75) is 25.1 Å². The Balaban J connectivity index is 1.39. The Morgan fingerprint density at radius 3 is 2.42 bits per heavy atom. The van der Waals surface area contributed by atoms with Gasteiger partial charge in [-0.1, -0.05) is 42.5 Å². The Hall–Kier alpha value is -3.39. The van der Waals surface area contributed by atoms with Gasteiger partial charge in [-0.15, -0.1) is 0 Å². The number of benzene rings is 3. The van der Waals surface area contributed by atoms with Crippen LogP contribution in [0.4, 0.5) is 13.2 Å². The van der Waals surface area contributed by atoms with Gasteiger partial charge in [-0.3, -0.25) is 9.52 Å². The molecule has 1 heterocycles. The molecule has 2 atom stereocenters. The number of carbonyl (C=O) groups is 1. The molecule has 3 aromatic carbocycles. The first-order valence-electron chi connectivity index (χ1n) is 10.3. The summed E-state index contributed by atoms with van der Waals surface area (Å²) in [6, 6.07) is 18.0. The van der Waals surface area contributed by atoms with E-state index in [0.717, 1.165) is 22.8 Å². The van der Waals surface area contributed by atoms with Crippen LogP contribution in [0.1, 0.15) is 34.8 Å². The minimum Gasteiger partial charge on any atom is -0.486 e. The molecule has 168 valence electrons. The molecule has 33 heavy (non-hydrogen) atoms. The zero-order valence-electron chi connectivity index (χ0n) is 17.2.